The van der Waals surface area contributed by atoms with Gasteiger partial charge in [0.05, 0.1) is 19.4 Å². The third kappa shape index (κ3) is 3.76. The quantitative estimate of drug-likeness (QED) is 0.852. The van der Waals surface area contributed by atoms with Crippen molar-refractivity contribution in [1.82, 2.24) is 9.78 Å². The smallest absolute Gasteiger partial charge is 0.132 e. The number of nitrogens with zero attached hydrogens (tertiary/aromatic N) is 2. The summed E-state index contributed by atoms with van der Waals surface area (Å²) < 4.78 is 12.9. The SMILES string of the molecule is CCC(C)n1ccc(COc2cc(OC)ccc2CO)n1. The monoisotopic (exact) mass is 290 g/mol. The lowest BCUT2D eigenvalue weighted by atomic mass is 10.2. The Labute approximate surface area is 125 Å². The Morgan fingerprint density at radius 1 is 1.33 bits per heavy atom. The van der Waals surface area contributed by atoms with E-state index >= 15 is 0 Å². The molecule has 0 bridgehead atoms. The molecule has 2 rings (SSSR count). The fourth-order valence-electron chi connectivity index (χ4n) is 1.97. The van der Waals surface area contributed by atoms with Gasteiger partial charge in [-0.25, -0.2) is 0 Å². The zero-order valence-corrected chi connectivity index (χ0v) is 12.7. The molecule has 5 nitrogen and oxygen atoms in total. The second kappa shape index (κ2) is 7.13. The zero-order valence-electron chi connectivity index (χ0n) is 12.7. The highest BCUT2D eigenvalue weighted by molar-refractivity contribution is 5.40. The van der Waals surface area contributed by atoms with Crippen LogP contribution in [-0.4, -0.2) is 22.0 Å². The first kappa shape index (κ1) is 15.4. The number of methoxy groups -OCH3 is 1. The van der Waals surface area contributed by atoms with Crippen molar-refractivity contribution < 1.29 is 14.6 Å². The molecule has 2 aromatic rings. The van der Waals surface area contributed by atoms with E-state index in [1.165, 1.54) is 0 Å². The Hall–Kier alpha value is -2.01. The molecule has 0 radical (unpaired) electrons. The van der Waals surface area contributed by atoms with E-state index in [0.717, 1.165) is 17.7 Å². The summed E-state index contributed by atoms with van der Waals surface area (Å²) in [6, 6.07) is 7.70. The lowest BCUT2D eigenvalue weighted by Gasteiger charge is -2.11. The van der Waals surface area contributed by atoms with Crippen molar-refractivity contribution in [2.75, 3.05) is 7.11 Å². The first-order valence-electron chi connectivity index (χ1n) is 7.12. The third-order valence-electron chi connectivity index (χ3n) is 3.53. The number of ether oxygens (including phenoxy) is 2. The summed E-state index contributed by atoms with van der Waals surface area (Å²) in [5.41, 5.74) is 1.60. The molecule has 0 saturated heterocycles. The molecule has 5 heteroatoms. The van der Waals surface area contributed by atoms with Crippen LogP contribution in [0.15, 0.2) is 30.5 Å². The van der Waals surface area contributed by atoms with Gasteiger partial charge >= 0.3 is 0 Å². The van der Waals surface area contributed by atoms with E-state index in [4.69, 9.17) is 9.47 Å². The number of hydrogen-bond donors (Lipinski definition) is 1. The maximum absolute atomic E-state index is 9.35. The van der Waals surface area contributed by atoms with Crippen LogP contribution < -0.4 is 9.47 Å². The summed E-state index contributed by atoms with van der Waals surface area (Å²) in [5, 5.41) is 13.8. The van der Waals surface area contributed by atoms with Crippen LogP contribution in [-0.2, 0) is 13.2 Å². The number of hydrogen-bond acceptors (Lipinski definition) is 4. The molecular formula is C16H22N2O3. The standard InChI is InChI=1S/C16H22N2O3/c1-4-12(2)18-8-7-14(17-18)11-21-16-9-15(20-3)6-5-13(16)10-19/h5-9,12,19H,4,10-11H2,1-3H3. The van der Waals surface area contributed by atoms with Gasteiger partial charge in [-0.2, -0.15) is 5.10 Å². The molecule has 1 unspecified atom stereocenters. The maximum Gasteiger partial charge on any atom is 0.132 e. The van der Waals surface area contributed by atoms with Gasteiger partial charge in [0, 0.05) is 23.9 Å². The highest BCUT2D eigenvalue weighted by Gasteiger charge is 2.08. The average molecular weight is 290 g/mol. The van der Waals surface area contributed by atoms with E-state index in [1.807, 2.05) is 16.9 Å². The highest BCUT2D eigenvalue weighted by Crippen LogP contribution is 2.25. The topological polar surface area (TPSA) is 56.5 Å². The minimum absolute atomic E-state index is 0.0688. The van der Waals surface area contributed by atoms with Crippen LogP contribution in [0.25, 0.3) is 0 Å². The Morgan fingerprint density at radius 2 is 2.14 bits per heavy atom. The number of aromatic nitrogens is 2. The highest BCUT2D eigenvalue weighted by atomic mass is 16.5. The molecule has 0 fully saturated rings. The lowest BCUT2D eigenvalue weighted by molar-refractivity contribution is 0.255. The van der Waals surface area contributed by atoms with E-state index in [9.17, 15) is 5.11 Å². The molecule has 0 saturated carbocycles. The molecule has 1 heterocycles. The van der Waals surface area contributed by atoms with E-state index < -0.39 is 0 Å². The molecule has 0 aliphatic carbocycles. The predicted octanol–water partition coefficient (Wildman–Crippen LogP) is 2.93. The molecule has 1 atom stereocenters. The molecular weight excluding hydrogens is 268 g/mol. The van der Waals surface area contributed by atoms with Crippen LogP contribution in [0.1, 0.15) is 37.6 Å². The molecule has 0 aliphatic heterocycles. The molecule has 0 spiro atoms. The fraction of sp³-hybridized carbons (Fsp3) is 0.438. The Morgan fingerprint density at radius 3 is 2.81 bits per heavy atom. The van der Waals surface area contributed by atoms with Gasteiger partial charge in [0.25, 0.3) is 0 Å². The van der Waals surface area contributed by atoms with Gasteiger partial charge in [-0.3, -0.25) is 4.68 Å². The van der Waals surface area contributed by atoms with E-state index in [-0.39, 0.29) is 6.61 Å². The third-order valence-corrected chi connectivity index (χ3v) is 3.53. The van der Waals surface area contributed by atoms with Crippen molar-refractivity contribution in [2.24, 2.45) is 0 Å². The van der Waals surface area contributed by atoms with Gasteiger partial charge < -0.3 is 14.6 Å². The Kier molecular flexibility index (Phi) is 5.22. The zero-order chi connectivity index (χ0) is 15.2. The summed E-state index contributed by atoms with van der Waals surface area (Å²) >= 11 is 0. The van der Waals surface area contributed by atoms with Crippen LogP contribution in [0.4, 0.5) is 0 Å². The van der Waals surface area contributed by atoms with Crippen LogP contribution >= 0.6 is 0 Å². The molecule has 1 N–H and O–H groups in total. The summed E-state index contributed by atoms with van der Waals surface area (Å²) in [7, 11) is 1.60. The maximum atomic E-state index is 9.35. The molecule has 114 valence electrons. The fourth-order valence-corrected chi connectivity index (χ4v) is 1.97. The van der Waals surface area contributed by atoms with Gasteiger partial charge in [-0.1, -0.05) is 6.92 Å². The van der Waals surface area contributed by atoms with E-state index in [0.29, 0.717) is 24.1 Å². The summed E-state index contributed by atoms with van der Waals surface area (Å²) in [4.78, 5) is 0. The first-order chi connectivity index (χ1) is 10.2. The first-order valence-corrected chi connectivity index (χ1v) is 7.12. The van der Waals surface area contributed by atoms with Crippen molar-refractivity contribution in [3.8, 4) is 11.5 Å². The van der Waals surface area contributed by atoms with Crippen molar-refractivity contribution in [1.29, 1.82) is 0 Å². The van der Waals surface area contributed by atoms with Gasteiger partial charge in [0.1, 0.15) is 18.1 Å². The van der Waals surface area contributed by atoms with Gasteiger partial charge in [0.15, 0.2) is 0 Å². The minimum atomic E-state index is -0.0688. The van der Waals surface area contributed by atoms with Crippen molar-refractivity contribution >= 4 is 0 Å². The molecule has 0 aliphatic rings. The van der Waals surface area contributed by atoms with Gasteiger partial charge in [0.2, 0.25) is 0 Å². The molecule has 21 heavy (non-hydrogen) atoms. The van der Waals surface area contributed by atoms with Crippen LogP contribution in [0.5, 0.6) is 11.5 Å². The number of rotatable bonds is 7. The summed E-state index contributed by atoms with van der Waals surface area (Å²) in [5.74, 6) is 1.32. The number of aliphatic hydroxyl groups is 1. The summed E-state index contributed by atoms with van der Waals surface area (Å²) in [6.45, 7) is 4.56. The molecule has 1 aromatic carbocycles. The predicted molar refractivity (Wildman–Crippen MR) is 80.5 cm³/mol. The second-order valence-corrected chi connectivity index (χ2v) is 4.96. The largest absolute Gasteiger partial charge is 0.497 e. The van der Waals surface area contributed by atoms with Crippen LogP contribution in [0.3, 0.4) is 0 Å². The minimum Gasteiger partial charge on any atom is -0.497 e. The van der Waals surface area contributed by atoms with E-state index in [1.54, 1.807) is 25.3 Å². The van der Waals surface area contributed by atoms with E-state index in [2.05, 4.69) is 18.9 Å². The second-order valence-electron chi connectivity index (χ2n) is 4.96. The molecule has 1 aromatic heterocycles. The number of benzene rings is 1. The van der Waals surface area contributed by atoms with Crippen molar-refractivity contribution in [3.63, 3.8) is 0 Å². The normalized spacial score (nSPS) is 12.2. The van der Waals surface area contributed by atoms with Crippen LogP contribution in [0.2, 0.25) is 0 Å². The van der Waals surface area contributed by atoms with Crippen molar-refractivity contribution in [3.05, 3.63) is 41.7 Å². The summed E-state index contributed by atoms with van der Waals surface area (Å²) in [6.07, 6.45) is 3.00. The number of aliphatic hydroxyl groups excluding tert-OH is 1. The van der Waals surface area contributed by atoms with Crippen LogP contribution in [0, 0.1) is 0 Å². The Bertz CT molecular complexity index is 581. The molecule has 0 amide bonds. The lowest BCUT2D eigenvalue weighted by Crippen LogP contribution is -2.06. The van der Waals surface area contributed by atoms with Gasteiger partial charge in [-0.05, 0) is 31.5 Å². The van der Waals surface area contributed by atoms with Crippen molar-refractivity contribution in [2.45, 2.75) is 39.5 Å². The average Bonchev–Trinajstić information content (AvgIpc) is 3.00. The Balaban J connectivity index is 2.07. The van der Waals surface area contributed by atoms with Gasteiger partial charge in [-0.15, -0.1) is 0 Å².